The van der Waals surface area contributed by atoms with Crippen molar-refractivity contribution >= 4 is 11.6 Å². The summed E-state index contributed by atoms with van der Waals surface area (Å²) in [4.78, 5) is 15.4. The van der Waals surface area contributed by atoms with Gasteiger partial charge in [-0.15, -0.1) is 0 Å². The molecule has 1 spiro atoms. The van der Waals surface area contributed by atoms with Crippen molar-refractivity contribution < 1.29 is 23.8 Å². The highest BCUT2D eigenvalue weighted by atomic mass is 16.7. The molecule has 2 heterocycles. The molecule has 1 saturated heterocycles. The lowest BCUT2D eigenvalue weighted by atomic mass is 9.93. The molecule has 1 atom stereocenters. The van der Waals surface area contributed by atoms with Crippen molar-refractivity contribution in [3.05, 3.63) is 54.1 Å². The quantitative estimate of drug-likeness (QED) is 0.853. The molecule has 4 rings (SSSR count). The van der Waals surface area contributed by atoms with Gasteiger partial charge in [0.2, 0.25) is 5.91 Å². The van der Waals surface area contributed by atoms with Gasteiger partial charge in [-0.1, -0.05) is 23.4 Å². The van der Waals surface area contributed by atoms with E-state index in [9.17, 15) is 4.79 Å². The van der Waals surface area contributed by atoms with Gasteiger partial charge in [0.05, 0.1) is 26.0 Å². The number of ether oxygens (including phenoxy) is 3. The van der Waals surface area contributed by atoms with Gasteiger partial charge in [-0.2, -0.15) is 0 Å². The average Bonchev–Trinajstić information content (AvgIpc) is 3.39. The predicted molar refractivity (Wildman–Crippen MR) is 110 cm³/mol. The maximum Gasteiger partial charge on any atom is 0.216 e. The van der Waals surface area contributed by atoms with Crippen molar-refractivity contribution in [1.29, 1.82) is 0 Å². The highest BCUT2D eigenvalue weighted by Gasteiger charge is 2.43. The van der Waals surface area contributed by atoms with E-state index in [2.05, 4.69) is 10.5 Å². The number of para-hydroxylation sites is 1. The number of hydrogen-bond donors (Lipinski definition) is 1. The number of benzene rings is 2. The van der Waals surface area contributed by atoms with E-state index >= 15 is 0 Å². The van der Waals surface area contributed by atoms with Crippen LogP contribution in [0, 0.1) is 0 Å². The van der Waals surface area contributed by atoms with Gasteiger partial charge in [-0.05, 0) is 30.3 Å². The van der Waals surface area contributed by atoms with Gasteiger partial charge in [-0.25, -0.2) is 0 Å². The fourth-order valence-corrected chi connectivity index (χ4v) is 3.03. The first kappa shape index (κ1) is 20.7. The van der Waals surface area contributed by atoms with E-state index in [-0.39, 0.29) is 11.5 Å². The molecule has 2 aliphatic heterocycles. The number of nitrogens with one attached hydrogen (secondary N) is 1. The maximum atomic E-state index is 9.70. The lowest BCUT2D eigenvalue weighted by Gasteiger charge is -2.17. The Balaban J connectivity index is 0.000000431. The number of amides is 1. The predicted octanol–water partition coefficient (Wildman–Crippen LogP) is 3.52. The van der Waals surface area contributed by atoms with Crippen LogP contribution in [-0.2, 0) is 14.4 Å². The summed E-state index contributed by atoms with van der Waals surface area (Å²) in [7, 11) is 3.23. The molecule has 7 heteroatoms. The molecule has 2 aliphatic rings. The fraction of sp³-hybridized carbons (Fsp3) is 0.364. The molecule has 0 aliphatic carbocycles. The average molecular weight is 398 g/mol. The van der Waals surface area contributed by atoms with Gasteiger partial charge in [0.15, 0.2) is 17.1 Å². The Morgan fingerprint density at radius 3 is 2.55 bits per heavy atom. The standard InChI is InChI=1S/C19H19NO4.C3H7NO/c1-21-17-8-7-14(11-18(17)23-15-5-3-2-4-6-15)16-12-19(24-20-16)9-10-22-13-19;1-3(5)4-2/h2-8,11H,9-10,12-13H2,1H3;1-2H3,(H,4,5). The van der Waals surface area contributed by atoms with Crippen molar-refractivity contribution in [2.75, 3.05) is 27.4 Å². The third-order valence-electron chi connectivity index (χ3n) is 4.73. The molecule has 154 valence electrons. The second-order valence-electron chi connectivity index (χ2n) is 6.88. The zero-order chi connectivity index (χ0) is 20.7. The minimum atomic E-state index is -0.282. The summed E-state index contributed by atoms with van der Waals surface area (Å²) in [5.74, 6) is 2.11. The van der Waals surface area contributed by atoms with Crippen molar-refractivity contribution in [3.63, 3.8) is 0 Å². The Hall–Kier alpha value is -3.06. The fourth-order valence-electron chi connectivity index (χ4n) is 3.03. The van der Waals surface area contributed by atoms with Crippen LogP contribution in [0.15, 0.2) is 53.7 Å². The second-order valence-corrected chi connectivity index (χ2v) is 6.88. The number of oxime groups is 1. The van der Waals surface area contributed by atoms with Crippen LogP contribution in [-0.4, -0.2) is 44.6 Å². The molecule has 1 N–H and O–H groups in total. The van der Waals surface area contributed by atoms with E-state index in [1.807, 2.05) is 48.5 Å². The second kappa shape index (κ2) is 9.43. The molecule has 1 fully saturated rings. The summed E-state index contributed by atoms with van der Waals surface area (Å²) in [6.45, 7) is 2.80. The Morgan fingerprint density at radius 2 is 1.93 bits per heavy atom. The number of nitrogens with zero attached hydrogens (tertiary/aromatic N) is 1. The van der Waals surface area contributed by atoms with Crippen LogP contribution >= 0.6 is 0 Å². The van der Waals surface area contributed by atoms with Crippen molar-refractivity contribution in [2.24, 2.45) is 5.16 Å². The summed E-state index contributed by atoms with van der Waals surface area (Å²) < 4.78 is 16.8. The zero-order valence-corrected chi connectivity index (χ0v) is 16.9. The normalized spacial score (nSPS) is 19.6. The van der Waals surface area contributed by atoms with Gasteiger partial charge in [-0.3, -0.25) is 4.79 Å². The van der Waals surface area contributed by atoms with Gasteiger partial charge in [0, 0.05) is 32.4 Å². The summed E-state index contributed by atoms with van der Waals surface area (Å²) in [5.41, 5.74) is 1.61. The van der Waals surface area contributed by atoms with Crippen molar-refractivity contribution in [1.82, 2.24) is 5.32 Å². The lowest BCUT2D eigenvalue weighted by molar-refractivity contribution is -0.118. The molecule has 2 aromatic rings. The number of methoxy groups -OCH3 is 1. The highest BCUT2D eigenvalue weighted by molar-refractivity contribution is 6.02. The van der Waals surface area contributed by atoms with Crippen LogP contribution in [0.4, 0.5) is 0 Å². The van der Waals surface area contributed by atoms with Gasteiger partial charge < -0.3 is 24.4 Å². The van der Waals surface area contributed by atoms with Crippen LogP contribution < -0.4 is 14.8 Å². The largest absolute Gasteiger partial charge is 0.493 e. The molecule has 0 radical (unpaired) electrons. The van der Waals surface area contributed by atoms with E-state index in [0.717, 1.165) is 36.5 Å². The minimum Gasteiger partial charge on any atom is -0.493 e. The Morgan fingerprint density at radius 1 is 1.17 bits per heavy atom. The number of carbonyl (C=O) groups is 1. The summed E-state index contributed by atoms with van der Waals surface area (Å²) >= 11 is 0. The number of carbonyl (C=O) groups excluding carboxylic acids is 1. The first-order chi connectivity index (χ1) is 14.0. The molecule has 1 amide bonds. The Kier molecular flexibility index (Phi) is 6.72. The first-order valence-corrected chi connectivity index (χ1v) is 9.48. The van der Waals surface area contributed by atoms with E-state index in [4.69, 9.17) is 19.0 Å². The van der Waals surface area contributed by atoms with Crippen LogP contribution in [0.2, 0.25) is 0 Å². The van der Waals surface area contributed by atoms with E-state index in [0.29, 0.717) is 18.1 Å². The lowest BCUT2D eigenvalue weighted by Crippen LogP contribution is -2.29. The molecule has 29 heavy (non-hydrogen) atoms. The molecule has 0 saturated carbocycles. The van der Waals surface area contributed by atoms with Gasteiger partial charge in [0.25, 0.3) is 0 Å². The maximum absolute atomic E-state index is 9.70. The summed E-state index contributed by atoms with van der Waals surface area (Å²) in [5, 5.41) is 6.67. The monoisotopic (exact) mass is 398 g/mol. The van der Waals surface area contributed by atoms with E-state index < -0.39 is 0 Å². The SMILES string of the molecule is CNC(C)=O.COc1ccc(C2=NOC3(CCOC3)C2)cc1Oc1ccccc1. The molecule has 0 aromatic heterocycles. The topological polar surface area (TPSA) is 78.4 Å². The summed E-state index contributed by atoms with van der Waals surface area (Å²) in [6.07, 6.45) is 1.63. The Labute approximate surface area is 170 Å². The molecular weight excluding hydrogens is 372 g/mol. The smallest absolute Gasteiger partial charge is 0.216 e. The molecule has 2 aromatic carbocycles. The van der Waals surface area contributed by atoms with Crippen molar-refractivity contribution in [2.45, 2.75) is 25.4 Å². The van der Waals surface area contributed by atoms with Crippen LogP contribution in [0.5, 0.6) is 17.2 Å². The number of hydrogen-bond acceptors (Lipinski definition) is 6. The molecular formula is C22H26N2O5. The molecule has 1 unspecified atom stereocenters. The van der Waals surface area contributed by atoms with Crippen molar-refractivity contribution in [3.8, 4) is 17.2 Å². The highest BCUT2D eigenvalue weighted by Crippen LogP contribution is 2.37. The van der Waals surface area contributed by atoms with Gasteiger partial charge >= 0.3 is 0 Å². The third kappa shape index (κ3) is 5.26. The minimum absolute atomic E-state index is 0.00463. The zero-order valence-electron chi connectivity index (χ0n) is 16.9. The van der Waals surface area contributed by atoms with Crippen LogP contribution in [0.1, 0.15) is 25.3 Å². The first-order valence-electron chi connectivity index (χ1n) is 9.48. The van der Waals surface area contributed by atoms with E-state index in [1.165, 1.54) is 6.92 Å². The summed E-state index contributed by atoms with van der Waals surface area (Å²) in [6, 6.07) is 15.5. The van der Waals surface area contributed by atoms with Crippen LogP contribution in [0.3, 0.4) is 0 Å². The number of rotatable bonds is 4. The van der Waals surface area contributed by atoms with Crippen LogP contribution in [0.25, 0.3) is 0 Å². The van der Waals surface area contributed by atoms with Gasteiger partial charge in [0.1, 0.15) is 5.75 Å². The molecule has 0 bridgehead atoms. The Bertz CT molecular complexity index is 861. The molecule has 7 nitrogen and oxygen atoms in total. The van der Waals surface area contributed by atoms with E-state index in [1.54, 1.807) is 14.2 Å². The third-order valence-corrected chi connectivity index (χ3v) is 4.73.